The lowest BCUT2D eigenvalue weighted by molar-refractivity contribution is -0.120. The summed E-state index contributed by atoms with van der Waals surface area (Å²) in [6.45, 7) is 0. The lowest BCUT2D eigenvalue weighted by atomic mass is 10.3. The van der Waals surface area contributed by atoms with Crippen molar-refractivity contribution in [1.29, 1.82) is 0 Å². The third-order valence-electron chi connectivity index (χ3n) is 2.86. The zero-order valence-electron chi connectivity index (χ0n) is 11.9. The zero-order chi connectivity index (χ0) is 16.1. The molecule has 0 fully saturated rings. The number of aromatic amines is 1. The van der Waals surface area contributed by atoms with Crippen LogP contribution in [0.25, 0.3) is 11.5 Å². The Morgan fingerprint density at radius 2 is 1.96 bits per heavy atom. The van der Waals surface area contributed by atoms with E-state index in [1.807, 2.05) is 12.1 Å². The number of aliphatic hydroxyl groups excluding tert-OH is 1. The SMILES string of the molecule is O=C(Nc1ccccc1)C(O)Sc1n[nH]c(-c2ccccn2)n1. The zero-order valence-corrected chi connectivity index (χ0v) is 12.7. The van der Waals surface area contributed by atoms with Crippen molar-refractivity contribution in [2.75, 3.05) is 5.32 Å². The van der Waals surface area contributed by atoms with Gasteiger partial charge in [0.05, 0.1) is 0 Å². The topological polar surface area (TPSA) is 104 Å². The van der Waals surface area contributed by atoms with Crippen molar-refractivity contribution in [3.8, 4) is 11.5 Å². The van der Waals surface area contributed by atoms with Crippen LogP contribution in [0.5, 0.6) is 0 Å². The fourth-order valence-corrected chi connectivity index (χ4v) is 2.40. The summed E-state index contributed by atoms with van der Waals surface area (Å²) in [7, 11) is 0. The molecule has 0 aliphatic rings. The van der Waals surface area contributed by atoms with Gasteiger partial charge >= 0.3 is 0 Å². The maximum atomic E-state index is 11.9. The monoisotopic (exact) mass is 327 g/mol. The van der Waals surface area contributed by atoms with Crippen LogP contribution in [0, 0.1) is 0 Å². The largest absolute Gasteiger partial charge is 0.373 e. The number of anilines is 1. The molecule has 0 spiro atoms. The van der Waals surface area contributed by atoms with Crippen molar-refractivity contribution >= 4 is 23.4 Å². The molecule has 3 aromatic rings. The Bertz CT molecular complexity index is 779. The summed E-state index contributed by atoms with van der Waals surface area (Å²) in [5, 5.41) is 19.5. The Labute approximate surface area is 136 Å². The van der Waals surface area contributed by atoms with E-state index >= 15 is 0 Å². The predicted octanol–water partition coefficient (Wildman–Crippen LogP) is 1.92. The first-order valence-corrected chi connectivity index (χ1v) is 7.65. The fourth-order valence-electron chi connectivity index (χ4n) is 1.80. The average molecular weight is 327 g/mol. The minimum atomic E-state index is -1.32. The van der Waals surface area contributed by atoms with Gasteiger partial charge in [0.2, 0.25) is 5.16 Å². The van der Waals surface area contributed by atoms with Crippen LogP contribution in [0.4, 0.5) is 5.69 Å². The molecule has 1 atom stereocenters. The molecular weight excluding hydrogens is 314 g/mol. The lowest BCUT2D eigenvalue weighted by Gasteiger charge is -2.08. The van der Waals surface area contributed by atoms with E-state index in [4.69, 9.17) is 0 Å². The Morgan fingerprint density at radius 3 is 2.70 bits per heavy atom. The number of aromatic nitrogens is 4. The Hall–Kier alpha value is -2.71. The number of hydrogen-bond acceptors (Lipinski definition) is 6. The van der Waals surface area contributed by atoms with Gasteiger partial charge in [-0.1, -0.05) is 24.3 Å². The number of amides is 1. The summed E-state index contributed by atoms with van der Waals surface area (Å²) < 4.78 is 0. The van der Waals surface area contributed by atoms with Crippen molar-refractivity contribution in [2.24, 2.45) is 0 Å². The smallest absolute Gasteiger partial charge is 0.264 e. The second-order valence-corrected chi connectivity index (χ2v) is 5.55. The average Bonchev–Trinajstić information content (AvgIpc) is 3.05. The minimum Gasteiger partial charge on any atom is -0.373 e. The van der Waals surface area contributed by atoms with E-state index in [2.05, 4.69) is 25.5 Å². The molecule has 0 saturated heterocycles. The van der Waals surface area contributed by atoms with Gasteiger partial charge in [-0.3, -0.25) is 14.9 Å². The fraction of sp³-hybridized carbons (Fsp3) is 0.0667. The van der Waals surface area contributed by atoms with Crippen molar-refractivity contribution in [3.05, 3.63) is 54.7 Å². The maximum Gasteiger partial charge on any atom is 0.264 e. The first-order chi connectivity index (χ1) is 11.2. The number of benzene rings is 1. The van der Waals surface area contributed by atoms with Crippen molar-refractivity contribution < 1.29 is 9.90 Å². The normalized spacial score (nSPS) is 11.9. The molecule has 8 heteroatoms. The number of nitrogens with one attached hydrogen (secondary N) is 2. The summed E-state index contributed by atoms with van der Waals surface area (Å²) in [4.78, 5) is 20.3. The van der Waals surface area contributed by atoms with Crippen LogP contribution in [0.3, 0.4) is 0 Å². The molecule has 0 radical (unpaired) electrons. The molecule has 1 amide bonds. The van der Waals surface area contributed by atoms with Crippen molar-refractivity contribution in [1.82, 2.24) is 20.2 Å². The lowest BCUT2D eigenvalue weighted by Crippen LogP contribution is -2.24. The summed E-state index contributed by atoms with van der Waals surface area (Å²) >= 11 is 0.849. The Kier molecular flexibility index (Phi) is 4.65. The van der Waals surface area contributed by atoms with Gasteiger partial charge in [-0.15, -0.1) is 5.10 Å². The Morgan fingerprint density at radius 1 is 1.17 bits per heavy atom. The predicted molar refractivity (Wildman–Crippen MR) is 86.5 cm³/mol. The molecule has 0 aliphatic heterocycles. The van der Waals surface area contributed by atoms with E-state index in [0.717, 1.165) is 11.8 Å². The van der Waals surface area contributed by atoms with E-state index in [0.29, 0.717) is 17.2 Å². The van der Waals surface area contributed by atoms with Crippen LogP contribution in [0.1, 0.15) is 0 Å². The van der Waals surface area contributed by atoms with Gasteiger partial charge in [0.15, 0.2) is 11.3 Å². The summed E-state index contributed by atoms with van der Waals surface area (Å²) in [5.41, 5.74) is -0.0704. The van der Waals surface area contributed by atoms with E-state index in [-0.39, 0.29) is 5.16 Å². The van der Waals surface area contributed by atoms with Crippen LogP contribution < -0.4 is 5.32 Å². The molecule has 1 aromatic carbocycles. The number of carbonyl (C=O) groups excluding carboxylic acids is 1. The summed E-state index contributed by atoms with van der Waals surface area (Å²) in [6, 6.07) is 14.3. The first-order valence-electron chi connectivity index (χ1n) is 6.77. The number of pyridine rings is 1. The summed E-state index contributed by atoms with van der Waals surface area (Å²) in [6.07, 6.45) is 1.65. The van der Waals surface area contributed by atoms with E-state index in [9.17, 15) is 9.90 Å². The molecule has 1 unspecified atom stereocenters. The van der Waals surface area contributed by atoms with Crippen LogP contribution in [-0.2, 0) is 4.79 Å². The highest BCUT2D eigenvalue weighted by Gasteiger charge is 2.19. The second-order valence-electron chi connectivity index (χ2n) is 4.51. The molecule has 0 saturated carbocycles. The molecule has 7 nitrogen and oxygen atoms in total. The number of para-hydroxylation sites is 1. The number of carbonyl (C=O) groups is 1. The molecule has 0 aliphatic carbocycles. The molecular formula is C15H13N5O2S. The van der Waals surface area contributed by atoms with Crippen LogP contribution in [0.2, 0.25) is 0 Å². The van der Waals surface area contributed by atoms with Gasteiger partial charge in [-0.25, -0.2) is 0 Å². The molecule has 3 N–H and O–H groups in total. The van der Waals surface area contributed by atoms with Crippen LogP contribution >= 0.6 is 11.8 Å². The van der Waals surface area contributed by atoms with Crippen molar-refractivity contribution in [2.45, 2.75) is 10.6 Å². The number of rotatable bonds is 5. The van der Waals surface area contributed by atoms with Gasteiger partial charge in [0, 0.05) is 11.9 Å². The highest BCUT2D eigenvalue weighted by atomic mass is 32.2. The molecule has 0 bridgehead atoms. The first kappa shape index (κ1) is 15.2. The van der Waals surface area contributed by atoms with E-state index < -0.39 is 11.3 Å². The summed E-state index contributed by atoms with van der Waals surface area (Å²) in [5.74, 6) is -0.0610. The third kappa shape index (κ3) is 3.93. The van der Waals surface area contributed by atoms with Gasteiger partial charge in [0.1, 0.15) is 5.69 Å². The quantitative estimate of drug-likeness (QED) is 0.488. The molecule has 2 aromatic heterocycles. The van der Waals surface area contributed by atoms with Gasteiger partial charge in [0.25, 0.3) is 5.91 Å². The molecule has 23 heavy (non-hydrogen) atoms. The van der Waals surface area contributed by atoms with Gasteiger partial charge < -0.3 is 10.4 Å². The molecule has 2 heterocycles. The third-order valence-corrected chi connectivity index (χ3v) is 3.69. The van der Waals surface area contributed by atoms with Gasteiger partial charge in [-0.2, -0.15) is 4.98 Å². The molecule has 116 valence electrons. The number of H-pyrrole nitrogens is 1. The van der Waals surface area contributed by atoms with Crippen molar-refractivity contribution in [3.63, 3.8) is 0 Å². The number of thioether (sulfide) groups is 1. The van der Waals surface area contributed by atoms with E-state index in [1.165, 1.54) is 0 Å². The number of nitrogens with zero attached hydrogens (tertiary/aromatic N) is 3. The van der Waals surface area contributed by atoms with E-state index in [1.54, 1.807) is 42.6 Å². The number of hydrogen-bond donors (Lipinski definition) is 3. The minimum absolute atomic E-state index is 0.265. The standard InChI is InChI=1S/C15H13N5O2S/c21-13(17-10-6-2-1-3-7-10)14(22)23-15-18-12(19-20-15)11-8-4-5-9-16-11/h1-9,14,22H,(H,17,21)(H,18,19,20). The van der Waals surface area contributed by atoms with Gasteiger partial charge in [-0.05, 0) is 36.0 Å². The Balaban J connectivity index is 1.63. The van der Waals surface area contributed by atoms with Crippen LogP contribution in [0.15, 0.2) is 59.9 Å². The number of aliphatic hydroxyl groups is 1. The highest BCUT2D eigenvalue weighted by Crippen LogP contribution is 2.21. The maximum absolute atomic E-state index is 11.9. The second kappa shape index (κ2) is 7.03. The molecule has 3 rings (SSSR count). The highest BCUT2D eigenvalue weighted by molar-refractivity contribution is 8.00. The van der Waals surface area contributed by atoms with Crippen LogP contribution in [-0.4, -0.2) is 36.6 Å².